The quantitative estimate of drug-likeness (QED) is 0.602. The molecule has 2 amide bonds. The van der Waals surface area contributed by atoms with E-state index >= 15 is 0 Å². The van der Waals surface area contributed by atoms with Crippen LogP contribution >= 0.6 is 0 Å². The fourth-order valence-electron chi connectivity index (χ4n) is 2.87. The van der Waals surface area contributed by atoms with Crippen LogP contribution in [0, 0.1) is 0 Å². The molecule has 0 aromatic carbocycles. The number of nitrogens with zero attached hydrogens (tertiary/aromatic N) is 3. The molecule has 1 aromatic heterocycles. The largest absolute Gasteiger partial charge is 0.353 e. The Morgan fingerprint density at radius 1 is 1.38 bits per heavy atom. The van der Waals surface area contributed by atoms with E-state index in [1.165, 1.54) is 6.08 Å². The number of rotatable bonds is 7. The van der Waals surface area contributed by atoms with Crippen LogP contribution in [0.2, 0.25) is 0 Å². The molecule has 1 N–H and O–H groups in total. The molecule has 1 aliphatic rings. The third kappa shape index (κ3) is 5.45. The molecule has 24 heavy (non-hydrogen) atoms. The van der Waals surface area contributed by atoms with E-state index in [4.69, 9.17) is 0 Å². The fraction of sp³-hybridized carbons (Fsp3) is 0.500. The molecule has 0 spiro atoms. The smallest absolute Gasteiger partial charge is 0.243 e. The van der Waals surface area contributed by atoms with E-state index in [0.717, 1.165) is 37.9 Å². The van der Waals surface area contributed by atoms with Crippen molar-refractivity contribution in [3.63, 3.8) is 0 Å². The molecule has 6 nitrogen and oxygen atoms in total. The molecule has 1 aromatic rings. The average Bonchev–Trinajstić information content (AvgIpc) is 3.05. The van der Waals surface area contributed by atoms with E-state index in [2.05, 4.69) is 15.2 Å². The van der Waals surface area contributed by atoms with Gasteiger partial charge in [0.2, 0.25) is 11.8 Å². The lowest BCUT2D eigenvalue weighted by Crippen LogP contribution is -2.43. The van der Waals surface area contributed by atoms with Crippen LogP contribution in [0.4, 0.5) is 0 Å². The minimum atomic E-state index is -0.103. The van der Waals surface area contributed by atoms with Gasteiger partial charge in [-0.3, -0.25) is 19.5 Å². The van der Waals surface area contributed by atoms with Crippen LogP contribution in [0.15, 0.2) is 30.6 Å². The zero-order chi connectivity index (χ0) is 17.4. The summed E-state index contributed by atoms with van der Waals surface area (Å²) in [6, 6.07) is 3.69. The van der Waals surface area contributed by atoms with Gasteiger partial charge in [0.25, 0.3) is 0 Å². The molecule has 2 rings (SSSR count). The molecule has 0 radical (unpaired) electrons. The normalized spacial score (nSPS) is 18.0. The zero-order valence-electron chi connectivity index (χ0n) is 14.4. The lowest BCUT2D eigenvalue weighted by molar-refractivity contribution is -0.133. The molecule has 0 bridgehead atoms. The van der Waals surface area contributed by atoms with Crippen molar-refractivity contribution in [3.05, 3.63) is 36.2 Å². The highest BCUT2D eigenvalue weighted by Crippen LogP contribution is 2.18. The van der Waals surface area contributed by atoms with Gasteiger partial charge in [0, 0.05) is 45.7 Å². The van der Waals surface area contributed by atoms with Gasteiger partial charge in [0.05, 0.1) is 6.04 Å². The van der Waals surface area contributed by atoms with Gasteiger partial charge in [0.15, 0.2) is 0 Å². The number of nitrogens with one attached hydrogen (secondary N) is 1. The summed E-state index contributed by atoms with van der Waals surface area (Å²) in [6.45, 7) is 2.40. The maximum atomic E-state index is 12.1. The molecule has 6 heteroatoms. The number of likely N-dealkylation sites (N-methyl/N-ethyl adjacent to an activating group) is 1. The first-order valence-corrected chi connectivity index (χ1v) is 8.39. The summed E-state index contributed by atoms with van der Waals surface area (Å²) in [5.74, 6) is 0.0750. The Kier molecular flexibility index (Phi) is 6.93. The first-order valence-electron chi connectivity index (χ1n) is 8.39. The molecule has 2 heterocycles. The zero-order valence-corrected chi connectivity index (χ0v) is 14.4. The van der Waals surface area contributed by atoms with Gasteiger partial charge in [-0.1, -0.05) is 0 Å². The molecular formula is C18H26N4O2. The fourth-order valence-corrected chi connectivity index (χ4v) is 2.87. The van der Waals surface area contributed by atoms with Crippen LogP contribution in [0.25, 0.3) is 6.08 Å². The number of aromatic nitrogens is 1. The second kappa shape index (κ2) is 9.17. The standard InChI is InChI=1S/C18H26N4O2/c1-21(2)18(24)16-5-3-13-22(16)14-4-10-20-17(23)7-6-15-8-11-19-12-9-15/h6-9,11-12,16H,3-5,10,13-14H2,1-2H3,(H,20,23). The van der Waals surface area contributed by atoms with Crippen LogP contribution in [-0.2, 0) is 9.59 Å². The van der Waals surface area contributed by atoms with Crippen molar-refractivity contribution >= 4 is 17.9 Å². The number of likely N-dealkylation sites (tertiary alicyclic amines) is 1. The summed E-state index contributed by atoms with van der Waals surface area (Å²) >= 11 is 0. The van der Waals surface area contributed by atoms with Crippen molar-refractivity contribution in [2.45, 2.75) is 25.3 Å². The summed E-state index contributed by atoms with van der Waals surface area (Å²) in [4.78, 5) is 31.7. The summed E-state index contributed by atoms with van der Waals surface area (Å²) in [5.41, 5.74) is 0.947. The van der Waals surface area contributed by atoms with E-state index in [1.54, 1.807) is 37.5 Å². The number of hydrogen-bond donors (Lipinski definition) is 1. The van der Waals surface area contributed by atoms with Gasteiger partial charge in [-0.15, -0.1) is 0 Å². The van der Waals surface area contributed by atoms with Gasteiger partial charge in [-0.2, -0.15) is 0 Å². The molecule has 1 fully saturated rings. The summed E-state index contributed by atoms with van der Waals surface area (Å²) in [6.07, 6.45) is 9.51. The van der Waals surface area contributed by atoms with Crippen LogP contribution in [-0.4, -0.2) is 66.4 Å². The Balaban J connectivity index is 1.68. The van der Waals surface area contributed by atoms with Gasteiger partial charge in [-0.25, -0.2) is 0 Å². The summed E-state index contributed by atoms with van der Waals surface area (Å²) in [7, 11) is 3.60. The monoisotopic (exact) mass is 330 g/mol. The van der Waals surface area contributed by atoms with Crippen molar-refractivity contribution in [2.24, 2.45) is 0 Å². The van der Waals surface area contributed by atoms with Crippen molar-refractivity contribution in [1.29, 1.82) is 0 Å². The second-order valence-corrected chi connectivity index (χ2v) is 6.19. The third-order valence-corrected chi connectivity index (χ3v) is 4.14. The predicted molar refractivity (Wildman–Crippen MR) is 94.2 cm³/mol. The van der Waals surface area contributed by atoms with Crippen molar-refractivity contribution in [3.8, 4) is 0 Å². The Morgan fingerprint density at radius 3 is 2.83 bits per heavy atom. The molecular weight excluding hydrogens is 304 g/mol. The SMILES string of the molecule is CN(C)C(=O)C1CCCN1CCCNC(=O)C=Cc1ccncc1. The first-order chi connectivity index (χ1) is 11.6. The number of amides is 2. The molecule has 1 saturated heterocycles. The molecule has 1 unspecified atom stereocenters. The Bertz CT molecular complexity index is 572. The van der Waals surface area contributed by atoms with Gasteiger partial charge in [0.1, 0.15) is 0 Å². The Hall–Kier alpha value is -2.21. The van der Waals surface area contributed by atoms with Gasteiger partial charge in [-0.05, 0) is 49.6 Å². The van der Waals surface area contributed by atoms with Crippen LogP contribution in [0.5, 0.6) is 0 Å². The highest BCUT2D eigenvalue weighted by Gasteiger charge is 2.30. The predicted octanol–water partition coefficient (Wildman–Crippen LogP) is 1.15. The minimum Gasteiger partial charge on any atom is -0.353 e. The van der Waals surface area contributed by atoms with Crippen LogP contribution in [0.1, 0.15) is 24.8 Å². The van der Waals surface area contributed by atoms with Crippen molar-refractivity contribution in [1.82, 2.24) is 20.1 Å². The van der Waals surface area contributed by atoms with E-state index in [-0.39, 0.29) is 17.9 Å². The number of carbonyl (C=O) groups excluding carboxylic acids is 2. The van der Waals surface area contributed by atoms with E-state index in [1.807, 2.05) is 12.1 Å². The first kappa shape index (κ1) is 18.1. The maximum Gasteiger partial charge on any atom is 0.243 e. The molecule has 1 aliphatic heterocycles. The van der Waals surface area contributed by atoms with E-state index in [9.17, 15) is 9.59 Å². The summed E-state index contributed by atoms with van der Waals surface area (Å²) in [5, 5.41) is 2.88. The molecule has 0 aliphatic carbocycles. The Labute approximate surface area is 143 Å². The number of pyridine rings is 1. The maximum absolute atomic E-state index is 12.1. The molecule has 130 valence electrons. The second-order valence-electron chi connectivity index (χ2n) is 6.19. The van der Waals surface area contributed by atoms with Gasteiger partial charge < -0.3 is 10.2 Å². The minimum absolute atomic E-state index is 0.00212. The van der Waals surface area contributed by atoms with Crippen LogP contribution in [0.3, 0.4) is 0 Å². The van der Waals surface area contributed by atoms with Crippen molar-refractivity contribution < 1.29 is 9.59 Å². The lowest BCUT2D eigenvalue weighted by atomic mass is 10.2. The number of carbonyl (C=O) groups is 2. The molecule has 1 atom stereocenters. The topological polar surface area (TPSA) is 65.5 Å². The average molecular weight is 330 g/mol. The highest BCUT2D eigenvalue weighted by atomic mass is 16.2. The third-order valence-electron chi connectivity index (χ3n) is 4.14. The summed E-state index contributed by atoms with van der Waals surface area (Å²) < 4.78 is 0. The van der Waals surface area contributed by atoms with Gasteiger partial charge >= 0.3 is 0 Å². The van der Waals surface area contributed by atoms with Crippen molar-refractivity contribution in [2.75, 3.05) is 33.7 Å². The van der Waals surface area contributed by atoms with Crippen LogP contribution < -0.4 is 5.32 Å². The lowest BCUT2D eigenvalue weighted by Gasteiger charge is -2.25. The molecule has 0 saturated carbocycles. The van der Waals surface area contributed by atoms with E-state index in [0.29, 0.717) is 6.54 Å². The highest BCUT2D eigenvalue weighted by molar-refractivity contribution is 5.91. The Morgan fingerprint density at radius 2 is 2.12 bits per heavy atom. The van der Waals surface area contributed by atoms with E-state index < -0.39 is 0 Å². The number of hydrogen-bond acceptors (Lipinski definition) is 4.